The smallest absolute Gasteiger partial charge is 0.266 e. The molecule has 0 saturated carbocycles. The van der Waals surface area contributed by atoms with Crippen LogP contribution >= 0.6 is 22.7 Å². The maximum atomic E-state index is 13.0. The average Bonchev–Trinajstić information content (AvgIpc) is 3.59. The number of benzene rings is 1. The van der Waals surface area contributed by atoms with E-state index in [2.05, 4.69) is 21.2 Å². The van der Waals surface area contributed by atoms with Crippen molar-refractivity contribution in [3.8, 4) is 16.6 Å². The third-order valence-electron chi connectivity index (χ3n) is 6.17. The molecule has 2 aliphatic heterocycles. The lowest BCUT2D eigenvalue weighted by Crippen LogP contribution is -2.36. The van der Waals surface area contributed by atoms with Crippen LogP contribution < -0.4 is 15.1 Å². The van der Waals surface area contributed by atoms with E-state index in [9.17, 15) is 10.1 Å². The van der Waals surface area contributed by atoms with Crippen molar-refractivity contribution in [3.05, 3.63) is 52.2 Å². The lowest BCUT2D eigenvalue weighted by Gasteiger charge is -2.28. The Bertz CT molecular complexity index is 1220. The van der Waals surface area contributed by atoms with Gasteiger partial charge in [0.25, 0.3) is 5.91 Å². The topological polar surface area (TPSA) is 81.5 Å². The van der Waals surface area contributed by atoms with Gasteiger partial charge < -0.3 is 19.9 Å². The number of nitrogens with zero attached hydrogens (tertiary/aromatic N) is 4. The number of carbonyl (C=O) groups excluding carboxylic acids is 1. The summed E-state index contributed by atoms with van der Waals surface area (Å²) in [5.41, 5.74) is 2.65. The van der Waals surface area contributed by atoms with Crippen LogP contribution in [0.1, 0.15) is 24.1 Å². The van der Waals surface area contributed by atoms with E-state index in [0.717, 1.165) is 78.5 Å². The van der Waals surface area contributed by atoms with Crippen molar-refractivity contribution in [1.82, 2.24) is 4.98 Å². The molecule has 180 valence electrons. The van der Waals surface area contributed by atoms with Gasteiger partial charge in [0.15, 0.2) is 5.13 Å². The first-order valence-corrected chi connectivity index (χ1v) is 13.6. The summed E-state index contributed by atoms with van der Waals surface area (Å²) in [6.07, 6.45) is 5.25. The molecule has 4 heterocycles. The fourth-order valence-corrected chi connectivity index (χ4v) is 6.15. The van der Waals surface area contributed by atoms with E-state index in [1.165, 1.54) is 6.42 Å². The molecule has 35 heavy (non-hydrogen) atoms. The SMILES string of the molecule is N#CC(=Cc1sc(N2CCCCC2)nc1-c1cccs1)C(=O)Nc1ccc(N2CCOCC2)cc1. The van der Waals surface area contributed by atoms with Crippen LogP contribution in [0.4, 0.5) is 16.5 Å². The lowest BCUT2D eigenvalue weighted by atomic mass is 10.1. The Hall–Kier alpha value is -3.19. The van der Waals surface area contributed by atoms with Crippen molar-refractivity contribution in [1.29, 1.82) is 5.26 Å². The Morgan fingerprint density at radius 1 is 1.06 bits per heavy atom. The van der Waals surface area contributed by atoms with E-state index in [1.807, 2.05) is 41.8 Å². The molecule has 0 aliphatic carbocycles. The number of rotatable bonds is 6. The molecule has 9 heteroatoms. The van der Waals surface area contributed by atoms with Crippen molar-refractivity contribution < 1.29 is 9.53 Å². The standard InChI is InChI=1S/C26H27N5O2S2/c27-18-19(25(32)28-20-6-8-21(9-7-20)30-12-14-33-15-13-30)17-23-24(22-5-4-16-34-22)29-26(35-23)31-10-2-1-3-11-31/h4-9,16-17H,1-3,10-15H2,(H,28,32). The second-order valence-corrected chi connectivity index (χ2v) is 10.5. The number of morpholine rings is 1. The number of piperidine rings is 1. The fourth-order valence-electron chi connectivity index (χ4n) is 4.28. The Balaban J connectivity index is 1.36. The van der Waals surface area contributed by atoms with E-state index in [-0.39, 0.29) is 5.57 Å². The Morgan fingerprint density at radius 3 is 2.51 bits per heavy atom. The number of ether oxygens (including phenoxy) is 1. The molecule has 2 saturated heterocycles. The monoisotopic (exact) mass is 505 g/mol. The normalized spacial score (nSPS) is 16.7. The molecule has 5 rings (SSSR count). The fraction of sp³-hybridized carbons (Fsp3) is 0.346. The van der Waals surface area contributed by atoms with Crippen LogP contribution in [0.5, 0.6) is 0 Å². The summed E-state index contributed by atoms with van der Waals surface area (Å²) in [7, 11) is 0. The van der Waals surface area contributed by atoms with E-state index >= 15 is 0 Å². The van der Waals surface area contributed by atoms with E-state index in [4.69, 9.17) is 9.72 Å². The summed E-state index contributed by atoms with van der Waals surface area (Å²) < 4.78 is 5.41. The van der Waals surface area contributed by atoms with Crippen LogP contribution in [0.3, 0.4) is 0 Å². The number of carbonyl (C=O) groups is 1. The highest BCUT2D eigenvalue weighted by Crippen LogP contribution is 2.37. The van der Waals surface area contributed by atoms with Gasteiger partial charge in [0, 0.05) is 37.6 Å². The largest absolute Gasteiger partial charge is 0.378 e. The first kappa shape index (κ1) is 23.5. The van der Waals surface area contributed by atoms with Crippen LogP contribution in [-0.4, -0.2) is 50.3 Å². The number of aromatic nitrogens is 1. The molecule has 0 spiro atoms. The zero-order valence-corrected chi connectivity index (χ0v) is 21.0. The summed E-state index contributed by atoms with van der Waals surface area (Å²) in [4.78, 5) is 24.3. The zero-order chi connectivity index (χ0) is 24.0. The lowest BCUT2D eigenvalue weighted by molar-refractivity contribution is -0.112. The minimum Gasteiger partial charge on any atom is -0.378 e. The average molecular weight is 506 g/mol. The molecule has 1 aromatic carbocycles. The van der Waals surface area contributed by atoms with Gasteiger partial charge in [-0.05, 0) is 61.1 Å². The molecule has 1 amide bonds. The zero-order valence-electron chi connectivity index (χ0n) is 19.4. The molecule has 0 unspecified atom stereocenters. The first-order valence-electron chi connectivity index (χ1n) is 11.9. The molecule has 1 N–H and O–H groups in total. The maximum absolute atomic E-state index is 13.0. The highest BCUT2D eigenvalue weighted by molar-refractivity contribution is 7.18. The van der Waals surface area contributed by atoms with Crippen molar-refractivity contribution in [3.63, 3.8) is 0 Å². The van der Waals surface area contributed by atoms with Gasteiger partial charge >= 0.3 is 0 Å². The molecule has 0 radical (unpaired) electrons. The number of hydrogen-bond donors (Lipinski definition) is 1. The van der Waals surface area contributed by atoms with Gasteiger partial charge in [-0.2, -0.15) is 5.26 Å². The van der Waals surface area contributed by atoms with Crippen molar-refractivity contribution in [2.75, 3.05) is 54.5 Å². The molecule has 0 atom stereocenters. The second kappa shape index (κ2) is 11.0. The number of nitrogens with one attached hydrogen (secondary N) is 1. The van der Waals surface area contributed by atoms with Crippen LogP contribution in [-0.2, 0) is 9.53 Å². The first-order chi connectivity index (χ1) is 17.2. The number of hydrogen-bond acceptors (Lipinski definition) is 8. The summed E-state index contributed by atoms with van der Waals surface area (Å²) in [6.45, 7) is 5.14. The van der Waals surface area contributed by atoms with Crippen LogP contribution in [0, 0.1) is 11.3 Å². The van der Waals surface area contributed by atoms with E-state index < -0.39 is 5.91 Å². The van der Waals surface area contributed by atoms with Crippen LogP contribution in [0.15, 0.2) is 47.4 Å². The molecule has 3 aromatic rings. The van der Waals surface area contributed by atoms with Gasteiger partial charge in [0.05, 0.1) is 23.0 Å². The van der Waals surface area contributed by atoms with Gasteiger partial charge in [0.1, 0.15) is 17.3 Å². The molecule has 2 aromatic heterocycles. The Labute approximate surface area is 213 Å². The summed E-state index contributed by atoms with van der Waals surface area (Å²) >= 11 is 3.16. The molecule has 0 bridgehead atoms. The maximum Gasteiger partial charge on any atom is 0.266 e. The van der Waals surface area contributed by atoms with Crippen molar-refractivity contribution >= 4 is 51.2 Å². The van der Waals surface area contributed by atoms with Gasteiger partial charge in [-0.15, -0.1) is 11.3 Å². The number of thiazole rings is 1. The molecule has 2 aliphatic rings. The predicted octanol–water partition coefficient (Wildman–Crippen LogP) is 5.24. The minimum absolute atomic E-state index is 0.0638. The van der Waals surface area contributed by atoms with Gasteiger partial charge in [-0.1, -0.05) is 17.4 Å². The van der Waals surface area contributed by atoms with Crippen LogP contribution in [0.25, 0.3) is 16.6 Å². The Morgan fingerprint density at radius 2 is 1.83 bits per heavy atom. The highest BCUT2D eigenvalue weighted by Gasteiger charge is 2.21. The van der Waals surface area contributed by atoms with E-state index in [1.54, 1.807) is 28.7 Å². The predicted molar refractivity (Wildman–Crippen MR) is 143 cm³/mol. The minimum atomic E-state index is -0.420. The number of thiophene rings is 1. The number of anilines is 3. The van der Waals surface area contributed by atoms with Crippen LogP contribution in [0.2, 0.25) is 0 Å². The Kier molecular flexibility index (Phi) is 7.42. The number of amides is 1. The highest BCUT2D eigenvalue weighted by atomic mass is 32.1. The molecular formula is C26H27N5O2S2. The summed E-state index contributed by atoms with van der Waals surface area (Å²) in [5, 5.41) is 15.6. The van der Waals surface area contributed by atoms with Crippen molar-refractivity contribution in [2.24, 2.45) is 0 Å². The third kappa shape index (κ3) is 5.56. The molecule has 2 fully saturated rings. The van der Waals surface area contributed by atoms with Gasteiger partial charge in [-0.25, -0.2) is 4.98 Å². The van der Waals surface area contributed by atoms with Crippen molar-refractivity contribution in [2.45, 2.75) is 19.3 Å². The third-order valence-corrected chi connectivity index (χ3v) is 8.10. The number of nitriles is 1. The quantitative estimate of drug-likeness (QED) is 0.364. The van der Waals surface area contributed by atoms with E-state index in [0.29, 0.717) is 5.69 Å². The molecule has 7 nitrogen and oxygen atoms in total. The second-order valence-electron chi connectivity index (χ2n) is 8.50. The van der Waals surface area contributed by atoms with Gasteiger partial charge in [0.2, 0.25) is 0 Å². The summed E-state index contributed by atoms with van der Waals surface area (Å²) in [5.74, 6) is -0.420. The van der Waals surface area contributed by atoms with Gasteiger partial charge in [-0.3, -0.25) is 4.79 Å². The molecular weight excluding hydrogens is 478 g/mol. The summed E-state index contributed by atoms with van der Waals surface area (Å²) in [6, 6.07) is 13.8.